The monoisotopic (exact) mass is 431 g/mol. The number of ether oxygens (including phenoxy) is 2. The van der Waals surface area contributed by atoms with Crippen molar-refractivity contribution in [2.24, 2.45) is 0 Å². The molecular formula is C20H28F3N3O4. The van der Waals surface area contributed by atoms with Crippen molar-refractivity contribution < 1.29 is 32.2 Å². The molecule has 1 aromatic rings. The number of piperazine rings is 1. The highest BCUT2D eigenvalue weighted by atomic mass is 19.4. The summed E-state index contributed by atoms with van der Waals surface area (Å²) >= 11 is 0. The zero-order chi connectivity index (χ0) is 22.5. The summed E-state index contributed by atoms with van der Waals surface area (Å²) in [4.78, 5) is 28.2. The lowest BCUT2D eigenvalue weighted by Crippen LogP contribution is -2.56. The summed E-state index contributed by atoms with van der Waals surface area (Å²) in [5.41, 5.74) is -0.959. The van der Waals surface area contributed by atoms with Gasteiger partial charge in [-0.25, -0.2) is 4.79 Å². The lowest BCUT2D eigenvalue weighted by atomic mass is 10.1. The van der Waals surface area contributed by atoms with Crippen LogP contribution < -0.4 is 10.2 Å². The zero-order valence-corrected chi connectivity index (χ0v) is 17.6. The Hall–Kier alpha value is -2.49. The summed E-state index contributed by atoms with van der Waals surface area (Å²) < 4.78 is 49.1. The fourth-order valence-corrected chi connectivity index (χ4v) is 3.08. The summed E-state index contributed by atoms with van der Waals surface area (Å²) in [5.74, 6) is -0.327. The van der Waals surface area contributed by atoms with Crippen molar-refractivity contribution in [3.05, 3.63) is 29.8 Å². The van der Waals surface area contributed by atoms with Gasteiger partial charge in [0, 0.05) is 39.0 Å². The summed E-state index contributed by atoms with van der Waals surface area (Å²) in [6, 6.07) is 4.21. The Labute approximate surface area is 174 Å². The Bertz CT molecular complexity index is 742. The van der Waals surface area contributed by atoms with E-state index in [4.69, 9.17) is 9.47 Å². The van der Waals surface area contributed by atoms with Gasteiger partial charge in [-0.3, -0.25) is 4.79 Å². The predicted molar refractivity (Wildman–Crippen MR) is 105 cm³/mol. The van der Waals surface area contributed by atoms with Gasteiger partial charge in [0.05, 0.1) is 12.2 Å². The molecule has 1 fully saturated rings. The van der Waals surface area contributed by atoms with Crippen molar-refractivity contribution in [1.29, 1.82) is 0 Å². The minimum Gasteiger partial charge on any atom is -0.444 e. The van der Waals surface area contributed by atoms with Crippen LogP contribution in [0.15, 0.2) is 24.3 Å². The lowest BCUT2D eigenvalue weighted by Gasteiger charge is -2.37. The van der Waals surface area contributed by atoms with E-state index in [0.29, 0.717) is 31.9 Å². The van der Waals surface area contributed by atoms with E-state index in [9.17, 15) is 22.8 Å². The molecule has 0 radical (unpaired) electrons. The van der Waals surface area contributed by atoms with E-state index >= 15 is 0 Å². The number of carbonyl (C=O) groups is 2. The first-order valence-corrected chi connectivity index (χ1v) is 9.60. The molecule has 0 unspecified atom stereocenters. The van der Waals surface area contributed by atoms with Gasteiger partial charge in [0.2, 0.25) is 5.91 Å². The zero-order valence-electron chi connectivity index (χ0n) is 17.6. The molecule has 1 N–H and O–H groups in total. The van der Waals surface area contributed by atoms with Gasteiger partial charge in [0.15, 0.2) is 0 Å². The Morgan fingerprint density at radius 2 is 1.77 bits per heavy atom. The van der Waals surface area contributed by atoms with Crippen molar-refractivity contribution in [3.63, 3.8) is 0 Å². The second-order valence-electron chi connectivity index (χ2n) is 8.01. The molecule has 1 atom stereocenters. The Morgan fingerprint density at radius 1 is 1.13 bits per heavy atom. The van der Waals surface area contributed by atoms with E-state index in [2.05, 4.69) is 5.32 Å². The SMILES string of the molecule is COC[C@@H](NC(=O)OC(C)(C)C)C(=O)N1CCN(c2cccc(C(F)(F)F)c2)CC1. The number of alkyl carbamates (subject to hydrolysis) is 1. The minimum absolute atomic E-state index is 0.0219. The number of benzene rings is 1. The molecule has 7 nitrogen and oxygen atoms in total. The fourth-order valence-electron chi connectivity index (χ4n) is 3.08. The molecule has 0 spiro atoms. The predicted octanol–water partition coefficient (Wildman–Crippen LogP) is 2.89. The Morgan fingerprint density at radius 3 is 2.30 bits per heavy atom. The molecule has 0 saturated carbocycles. The number of amides is 2. The average molecular weight is 431 g/mol. The van der Waals surface area contributed by atoms with E-state index in [1.807, 2.05) is 0 Å². The largest absolute Gasteiger partial charge is 0.444 e. The third kappa shape index (κ3) is 6.79. The molecule has 0 aliphatic carbocycles. The van der Waals surface area contributed by atoms with E-state index in [1.54, 1.807) is 36.6 Å². The smallest absolute Gasteiger partial charge is 0.416 e. The number of hydrogen-bond acceptors (Lipinski definition) is 5. The van der Waals surface area contributed by atoms with Crippen LogP contribution in [0, 0.1) is 0 Å². The van der Waals surface area contributed by atoms with Gasteiger partial charge < -0.3 is 24.6 Å². The molecule has 1 aromatic carbocycles. The highest BCUT2D eigenvalue weighted by Crippen LogP contribution is 2.31. The van der Waals surface area contributed by atoms with Crippen molar-refractivity contribution >= 4 is 17.7 Å². The van der Waals surface area contributed by atoms with Gasteiger partial charge >= 0.3 is 12.3 Å². The van der Waals surface area contributed by atoms with E-state index in [0.717, 1.165) is 12.1 Å². The summed E-state index contributed by atoms with van der Waals surface area (Å²) in [5, 5.41) is 2.52. The van der Waals surface area contributed by atoms with Gasteiger partial charge in [-0.15, -0.1) is 0 Å². The topological polar surface area (TPSA) is 71.1 Å². The molecule has 10 heteroatoms. The molecule has 1 aliphatic rings. The Balaban J connectivity index is 1.98. The van der Waals surface area contributed by atoms with Crippen molar-refractivity contribution in [2.45, 2.75) is 38.6 Å². The maximum absolute atomic E-state index is 12.9. The van der Waals surface area contributed by atoms with Gasteiger partial charge in [0.1, 0.15) is 11.6 Å². The van der Waals surface area contributed by atoms with Crippen molar-refractivity contribution in [1.82, 2.24) is 10.2 Å². The number of anilines is 1. The van der Waals surface area contributed by atoms with Crippen LogP contribution in [0.25, 0.3) is 0 Å². The lowest BCUT2D eigenvalue weighted by molar-refractivity contribution is -0.137. The average Bonchev–Trinajstić information content (AvgIpc) is 2.65. The third-order valence-corrected chi connectivity index (χ3v) is 4.45. The van der Waals surface area contributed by atoms with Gasteiger partial charge in [-0.05, 0) is 39.0 Å². The molecule has 30 heavy (non-hydrogen) atoms. The number of methoxy groups -OCH3 is 1. The second kappa shape index (κ2) is 9.55. The summed E-state index contributed by atoms with van der Waals surface area (Å²) in [7, 11) is 1.42. The number of nitrogens with zero attached hydrogens (tertiary/aromatic N) is 2. The van der Waals surface area contributed by atoms with Gasteiger partial charge in [-0.2, -0.15) is 13.2 Å². The molecular weight excluding hydrogens is 403 g/mol. The van der Waals surface area contributed by atoms with Gasteiger partial charge in [-0.1, -0.05) is 6.07 Å². The number of carbonyl (C=O) groups excluding carboxylic acids is 2. The number of rotatable bonds is 5. The molecule has 1 aliphatic heterocycles. The number of halogens is 3. The van der Waals surface area contributed by atoms with Crippen molar-refractivity contribution in [3.8, 4) is 0 Å². The molecule has 0 bridgehead atoms. The van der Waals surface area contributed by atoms with Crippen LogP contribution in [0.4, 0.5) is 23.7 Å². The second-order valence-corrected chi connectivity index (χ2v) is 8.01. The Kier molecular flexibility index (Phi) is 7.57. The maximum atomic E-state index is 12.9. The molecule has 2 amide bonds. The van der Waals surface area contributed by atoms with Crippen LogP contribution in [-0.4, -0.2) is 68.4 Å². The molecule has 168 valence electrons. The van der Waals surface area contributed by atoms with Crippen LogP contribution >= 0.6 is 0 Å². The van der Waals surface area contributed by atoms with Gasteiger partial charge in [0.25, 0.3) is 0 Å². The van der Waals surface area contributed by atoms with E-state index in [-0.39, 0.29) is 12.5 Å². The first kappa shape index (κ1) is 23.8. The van der Waals surface area contributed by atoms with Crippen LogP contribution in [-0.2, 0) is 20.4 Å². The van der Waals surface area contributed by atoms with Crippen molar-refractivity contribution in [2.75, 3.05) is 44.8 Å². The van der Waals surface area contributed by atoms with E-state index in [1.165, 1.54) is 13.2 Å². The fraction of sp³-hybridized carbons (Fsp3) is 0.600. The maximum Gasteiger partial charge on any atom is 0.416 e. The number of nitrogens with one attached hydrogen (secondary N) is 1. The molecule has 1 heterocycles. The van der Waals surface area contributed by atoms with E-state index < -0.39 is 29.5 Å². The quantitative estimate of drug-likeness (QED) is 0.776. The standard InChI is InChI=1S/C20H28F3N3O4/c1-19(2,3)30-18(28)24-16(13-29-4)17(27)26-10-8-25(9-11-26)15-7-5-6-14(12-15)20(21,22)23/h5-7,12,16H,8-11,13H2,1-4H3,(H,24,28)/t16-/m1/s1. The first-order valence-electron chi connectivity index (χ1n) is 9.60. The number of hydrogen-bond donors (Lipinski definition) is 1. The highest BCUT2D eigenvalue weighted by Gasteiger charge is 2.32. The minimum atomic E-state index is -4.41. The van der Waals surface area contributed by atoms with Crippen LogP contribution in [0.2, 0.25) is 0 Å². The number of alkyl halides is 3. The highest BCUT2D eigenvalue weighted by molar-refractivity contribution is 5.86. The van der Waals surface area contributed by atoms with Crippen LogP contribution in [0.3, 0.4) is 0 Å². The third-order valence-electron chi connectivity index (χ3n) is 4.45. The normalized spacial score (nSPS) is 16.2. The van der Waals surface area contributed by atoms with Crippen LogP contribution in [0.5, 0.6) is 0 Å². The molecule has 1 saturated heterocycles. The first-order chi connectivity index (χ1) is 13.9. The molecule has 0 aromatic heterocycles. The van der Waals surface area contributed by atoms with Crippen LogP contribution in [0.1, 0.15) is 26.3 Å². The summed E-state index contributed by atoms with van der Waals surface area (Å²) in [6.45, 7) is 6.49. The summed E-state index contributed by atoms with van der Waals surface area (Å²) in [6.07, 6.45) is -5.13. The molecule has 2 rings (SSSR count).